The highest BCUT2D eigenvalue weighted by molar-refractivity contribution is 6.30. The topological polar surface area (TPSA) is 88.2 Å². The predicted octanol–water partition coefficient (Wildman–Crippen LogP) is 2.73. The van der Waals surface area contributed by atoms with Crippen LogP contribution in [0.2, 0.25) is 5.02 Å². The highest BCUT2D eigenvalue weighted by Crippen LogP contribution is 2.30. The van der Waals surface area contributed by atoms with Gasteiger partial charge in [0.15, 0.2) is 6.61 Å². The van der Waals surface area contributed by atoms with Gasteiger partial charge in [-0.2, -0.15) is 0 Å². The third kappa shape index (κ3) is 4.71. The lowest BCUT2D eigenvalue weighted by Crippen LogP contribution is -2.51. The van der Waals surface area contributed by atoms with Crippen LogP contribution in [0.5, 0.6) is 5.75 Å². The zero-order valence-electron chi connectivity index (χ0n) is 17.7. The summed E-state index contributed by atoms with van der Waals surface area (Å²) in [4.78, 5) is 40.9. The minimum Gasteiger partial charge on any atom is -0.482 e. The molecule has 2 aromatic rings. The Morgan fingerprint density at radius 3 is 2.53 bits per heavy atom. The van der Waals surface area contributed by atoms with Crippen LogP contribution < -0.4 is 10.1 Å². The Hall–Kier alpha value is -3.10. The SMILES string of the molecule is CCOC(=O)[C@H](c1ccc(Cl)cc1)N1CCN(C(=O)c2ccc3c(c2)OCC(=O)N3)CC1. The second-order valence-corrected chi connectivity index (χ2v) is 8.02. The summed E-state index contributed by atoms with van der Waals surface area (Å²) in [6, 6.07) is 11.6. The molecule has 0 spiro atoms. The van der Waals surface area contributed by atoms with Gasteiger partial charge in [0.05, 0.1) is 12.3 Å². The monoisotopic (exact) mass is 457 g/mol. The largest absolute Gasteiger partial charge is 0.482 e. The van der Waals surface area contributed by atoms with Gasteiger partial charge in [0.25, 0.3) is 11.8 Å². The van der Waals surface area contributed by atoms with Gasteiger partial charge in [0.2, 0.25) is 0 Å². The van der Waals surface area contributed by atoms with Gasteiger partial charge in [-0.05, 0) is 42.8 Å². The Labute approximate surface area is 191 Å². The second-order valence-electron chi connectivity index (χ2n) is 7.58. The number of fused-ring (bicyclic) bond motifs is 1. The molecule has 0 aromatic heterocycles. The molecule has 1 N–H and O–H groups in total. The number of rotatable bonds is 5. The van der Waals surface area contributed by atoms with Crippen LogP contribution in [0.3, 0.4) is 0 Å². The number of anilines is 1. The fourth-order valence-corrected chi connectivity index (χ4v) is 4.06. The van der Waals surface area contributed by atoms with E-state index >= 15 is 0 Å². The molecule has 1 fully saturated rings. The number of benzene rings is 2. The first-order valence-electron chi connectivity index (χ1n) is 10.5. The first-order chi connectivity index (χ1) is 15.5. The highest BCUT2D eigenvalue weighted by atomic mass is 35.5. The van der Waals surface area contributed by atoms with Gasteiger partial charge in [-0.3, -0.25) is 14.5 Å². The second kappa shape index (κ2) is 9.58. The van der Waals surface area contributed by atoms with E-state index in [-0.39, 0.29) is 24.4 Å². The molecule has 9 heteroatoms. The number of hydrogen-bond donors (Lipinski definition) is 1. The van der Waals surface area contributed by atoms with Crippen molar-refractivity contribution < 1.29 is 23.9 Å². The van der Waals surface area contributed by atoms with Crippen LogP contribution in [0, 0.1) is 0 Å². The first kappa shape index (κ1) is 22.1. The van der Waals surface area contributed by atoms with E-state index < -0.39 is 6.04 Å². The van der Waals surface area contributed by atoms with Gasteiger partial charge in [-0.1, -0.05) is 23.7 Å². The van der Waals surface area contributed by atoms with Gasteiger partial charge in [-0.25, -0.2) is 4.79 Å². The molecule has 2 heterocycles. The van der Waals surface area contributed by atoms with Crippen LogP contribution in [-0.2, 0) is 14.3 Å². The Morgan fingerprint density at radius 1 is 1.12 bits per heavy atom. The number of ether oxygens (including phenoxy) is 2. The van der Waals surface area contributed by atoms with Crippen molar-refractivity contribution in [2.75, 3.05) is 44.7 Å². The zero-order valence-corrected chi connectivity index (χ0v) is 18.4. The van der Waals surface area contributed by atoms with E-state index in [0.717, 1.165) is 5.56 Å². The summed E-state index contributed by atoms with van der Waals surface area (Å²) in [5.41, 5.74) is 1.86. The molecule has 0 aliphatic carbocycles. The lowest BCUT2D eigenvalue weighted by molar-refractivity contribution is -0.150. The van der Waals surface area contributed by atoms with Crippen molar-refractivity contribution in [3.8, 4) is 5.75 Å². The molecule has 0 radical (unpaired) electrons. The van der Waals surface area contributed by atoms with Crippen LogP contribution in [0.15, 0.2) is 42.5 Å². The number of nitrogens with zero attached hydrogens (tertiary/aromatic N) is 2. The van der Waals surface area contributed by atoms with Crippen LogP contribution in [0.1, 0.15) is 28.9 Å². The normalized spacial score (nSPS) is 17.1. The van der Waals surface area contributed by atoms with Crippen LogP contribution >= 0.6 is 11.6 Å². The van der Waals surface area contributed by atoms with Crippen molar-refractivity contribution >= 4 is 35.1 Å². The molecule has 2 amide bonds. The molecule has 4 rings (SSSR count). The maximum absolute atomic E-state index is 13.0. The minimum absolute atomic E-state index is 0.0662. The molecule has 1 saturated heterocycles. The minimum atomic E-state index is -0.551. The molecule has 0 unspecified atom stereocenters. The average molecular weight is 458 g/mol. The third-order valence-corrected chi connectivity index (χ3v) is 5.78. The predicted molar refractivity (Wildman–Crippen MR) is 119 cm³/mol. The van der Waals surface area contributed by atoms with Gasteiger partial charge in [0, 0.05) is 36.8 Å². The molecule has 2 aliphatic rings. The molecule has 8 nitrogen and oxygen atoms in total. The maximum atomic E-state index is 13.0. The number of esters is 1. The molecule has 168 valence electrons. The lowest BCUT2D eigenvalue weighted by atomic mass is 10.0. The summed E-state index contributed by atoms with van der Waals surface area (Å²) in [7, 11) is 0. The Morgan fingerprint density at radius 2 is 1.84 bits per heavy atom. The van der Waals surface area contributed by atoms with Gasteiger partial charge in [0.1, 0.15) is 11.8 Å². The molecular formula is C23H24ClN3O5. The first-order valence-corrected chi connectivity index (χ1v) is 10.9. The summed E-state index contributed by atoms with van der Waals surface area (Å²) in [6.07, 6.45) is 0. The molecule has 0 bridgehead atoms. The average Bonchev–Trinajstić information content (AvgIpc) is 2.80. The number of nitrogens with one attached hydrogen (secondary N) is 1. The summed E-state index contributed by atoms with van der Waals surface area (Å²) in [5.74, 6) is -0.167. The standard InChI is InChI=1S/C23H24ClN3O5/c1-2-31-23(30)21(15-3-6-17(24)7-4-15)26-9-11-27(12-10-26)22(29)16-5-8-18-19(13-16)32-14-20(28)25-18/h3-8,13,21H,2,9-12,14H2,1H3,(H,25,28)/t21-/m0/s1. The van der Waals surface area contributed by atoms with Crippen molar-refractivity contribution in [2.24, 2.45) is 0 Å². The highest BCUT2D eigenvalue weighted by Gasteiger charge is 2.33. The van der Waals surface area contributed by atoms with Crippen molar-refractivity contribution in [2.45, 2.75) is 13.0 Å². The Bertz CT molecular complexity index is 1020. The summed E-state index contributed by atoms with van der Waals surface area (Å²) in [6.45, 7) is 3.99. The van der Waals surface area contributed by atoms with Crippen molar-refractivity contribution in [3.05, 3.63) is 58.6 Å². The van der Waals surface area contributed by atoms with Gasteiger partial charge in [-0.15, -0.1) is 0 Å². The van der Waals surface area contributed by atoms with Gasteiger partial charge < -0.3 is 19.7 Å². The molecule has 0 saturated carbocycles. The van der Waals surface area contributed by atoms with E-state index in [9.17, 15) is 14.4 Å². The summed E-state index contributed by atoms with van der Waals surface area (Å²) < 4.78 is 10.7. The van der Waals surface area contributed by atoms with Crippen LogP contribution in [-0.4, -0.2) is 67.0 Å². The number of carbonyl (C=O) groups is 3. The van der Waals surface area contributed by atoms with Gasteiger partial charge >= 0.3 is 5.97 Å². The number of carbonyl (C=O) groups excluding carboxylic acids is 3. The van der Waals surface area contributed by atoms with Crippen molar-refractivity contribution in [1.82, 2.24) is 9.80 Å². The van der Waals surface area contributed by atoms with Crippen LogP contribution in [0.25, 0.3) is 0 Å². The molecule has 2 aromatic carbocycles. The quantitative estimate of drug-likeness (QED) is 0.694. The van der Waals surface area contributed by atoms with Crippen molar-refractivity contribution in [3.63, 3.8) is 0 Å². The number of hydrogen-bond acceptors (Lipinski definition) is 6. The van der Waals surface area contributed by atoms with E-state index in [1.54, 1.807) is 42.2 Å². The number of halogens is 1. The summed E-state index contributed by atoms with van der Waals surface area (Å²) in [5, 5.41) is 3.31. The van der Waals surface area contributed by atoms with Crippen molar-refractivity contribution in [1.29, 1.82) is 0 Å². The Balaban J connectivity index is 1.45. The third-order valence-electron chi connectivity index (χ3n) is 5.52. The smallest absolute Gasteiger partial charge is 0.328 e. The molecular weight excluding hydrogens is 434 g/mol. The molecule has 32 heavy (non-hydrogen) atoms. The number of amides is 2. The number of piperazine rings is 1. The fourth-order valence-electron chi connectivity index (χ4n) is 3.94. The maximum Gasteiger partial charge on any atom is 0.328 e. The summed E-state index contributed by atoms with van der Waals surface area (Å²) >= 11 is 6.00. The zero-order chi connectivity index (χ0) is 22.7. The lowest BCUT2D eigenvalue weighted by Gasteiger charge is -2.38. The van der Waals surface area contributed by atoms with E-state index in [1.807, 2.05) is 17.0 Å². The fraction of sp³-hybridized carbons (Fsp3) is 0.348. The van der Waals surface area contributed by atoms with E-state index in [1.165, 1.54) is 0 Å². The Kier molecular flexibility index (Phi) is 6.62. The van der Waals surface area contributed by atoms with E-state index in [4.69, 9.17) is 21.1 Å². The van der Waals surface area contributed by atoms with E-state index in [2.05, 4.69) is 5.32 Å². The molecule has 2 aliphatic heterocycles. The molecule has 1 atom stereocenters. The van der Waals surface area contributed by atoms with Crippen LogP contribution in [0.4, 0.5) is 5.69 Å². The van der Waals surface area contributed by atoms with E-state index in [0.29, 0.717) is 54.8 Å².